The average Bonchev–Trinajstić information content (AvgIpc) is 2.96. The Labute approximate surface area is 236 Å². The van der Waals surface area contributed by atoms with Gasteiger partial charge < -0.3 is 14.8 Å². The molecule has 1 fully saturated rings. The molecule has 0 radical (unpaired) electrons. The number of benzene rings is 3. The lowest BCUT2D eigenvalue weighted by Crippen LogP contribution is -2.30. The van der Waals surface area contributed by atoms with Gasteiger partial charge in [0.05, 0.1) is 6.10 Å². The Morgan fingerprint density at radius 2 is 1.65 bits per heavy atom. The van der Waals surface area contributed by atoms with Crippen LogP contribution in [0.25, 0.3) is 10.8 Å². The summed E-state index contributed by atoms with van der Waals surface area (Å²) in [7, 11) is 1.93. The molecule has 4 aromatic rings. The SMILES string of the molecule is CC(C)(C)C1CCC(Oc2cc(F)cc(C=O)c2)CC1.CNc1ccc(OCc2ccncc2)c2ccccc12. The van der Waals surface area contributed by atoms with Crippen molar-refractivity contribution in [1.82, 2.24) is 4.98 Å². The first kappa shape index (κ1) is 29.1. The molecule has 40 heavy (non-hydrogen) atoms. The van der Waals surface area contributed by atoms with E-state index in [1.54, 1.807) is 18.5 Å². The zero-order chi connectivity index (χ0) is 28.5. The third-order valence-electron chi connectivity index (χ3n) is 7.53. The molecular formula is C34H39FN2O3. The molecule has 1 saturated carbocycles. The molecule has 6 heteroatoms. The second kappa shape index (κ2) is 13.4. The number of carbonyl (C=O) groups excluding carboxylic acids is 1. The smallest absolute Gasteiger partial charge is 0.150 e. The molecule has 0 atom stereocenters. The Bertz CT molecular complexity index is 1390. The maximum absolute atomic E-state index is 13.3. The summed E-state index contributed by atoms with van der Waals surface area (Å²) < 4.78 is 25.1. The van der Waals surface area contributed by atoms with E-state index in [9.17, 15) is 9.18 Å². The van der Waals surface area contributed by atoms with Crippen LogP contribution in [0.1, 0.15) is 62.4 Å². The van der Waals surface area contributed by atoms with E-state index in [-0.39, 0.29) is 6.10 Å². The first-order chi connectivity index (χ1) is 19.3. The van der Waals surface area contributed by atoms with Crippen LogP contribution in [0.15, 0.2) is 79.1 Å². The second-order valence-electron chi connectivity index (χ2n) is 11.3. The number of carbonyl (C=O) groups is 1. The van der Waals surface area contributed by atoms with Crippen LogP contribution in [0.4, 0.5) is 10.1 Å². The van der Waals surface area contributed by atoms with Crippen molar-refractivity contribution in [3.8, 4) is 11.5 Å². The Kier molecular flexibility index (Phi) is 9.75. The minimum Gasteiger partial charge on any atom is -0.490 e. The van der Waals surface area contributed by atoms with E-state index in [4.69, 9.17) is 9.47 Å². The number of halogens is 1. The fourth-order valence-electron chi connectivity index (χ4n) is 5.22. The van der Waals surface area contributed by atoms with Gasteiger partial charge in [0.1, 0.15) is 30.2 Å². The molecule has 1 aromatic heterocycles. The normalized spacial score (nSPS) is 16.9. The number of hydrogen-bond donors (Lipinski definition) is 1. The molecule has 1 heterocycles. The van der Waals surface area contributed by atoms with Gasteiger partial charge in [-0.1, -0.05) is 45.0 Å². The number of nitrogens with zero attached hydrogens (tertiary/aromatic N) is 1. The summed E-state index contributed by atoms with van der Waals surface area (Å²) in [4.78, 5) is 14.7. The van der Waals surface area contributed by atoms with Crippen molar-refractivity contribution in [2.24, 2.45) is 11.3 Å². The number of ether oxygens (including phenoxy) is 2. The molecule has 1 N–H and O–H groups in total. The van der Waals surface area contributed by atoms with E-state index in [1.165, 1.54) is 17.5 Å². The number of nitrogens with one attached hydrogen (secondary N) is 1. The van der Waals surface area contributed by atoms with Crippen LogP contribution in [0.3, 0.4) is 0 Å². The molecule has 0 unspecified atom stereocenters. The number of aromatic nitrogens is 1. The van der Waals surface area contributed by atoms with Gasteiger partial charge in [-0.3, -0.25) is 9.78 Å². The topological polar surface area (TPSA) is 60.5 Å². The number of pyridine rings is 1. The Morgan fingerprint density at radius 3 is 2.30 bits per heavy atom. The summed E-state index contributed by atoms with van der Waals surface area (Å²) in [5, 5.41) is 5.49. The minimum absolute atomic E-state index is 0.134. The Hall–Kier alpha value is -3.93. The van der Waals surface area contributed by atoms with Crippen LogP contribution in [0.2, 0.25) is 0 Å². The average molecular weight is 543 g/mol. The predicted octanol–water partition coefficient (Wildman–Crippen LogP) is 8.48. The summed E-state index contributed by atoms with van der Waals surface area (Å²) in [5.41, 5.74) is 2.89. The number of aldehydes is 1. The van der Waals surface area contributed by atoms with Gasteiger partial charge >= 0.3 is 0 Å². The fourth-order valence-corrected chi connectivity index (χ4v) is 5.22. The maximum Gasteiger partial charge on any atom is 0.150 e. The highest BCUT2D eigenvalue weighted by Crippen LogP contribution is 2.39. The predicted molar refractivity (Wildman–Crippen MR) is 160 cm³/mol. The van der Waals surface area contributed by atoms with Crippen molar-refractivity contribution < 1.29 is 18.7 Å². The first-order valence-electron chi connectivity index (χ1n) is 13.9. The highest BCUT2D eigenvalue weighted by molar-refractivity contribution is 5.97. The molecule has 0 spiro atoms. The van der Waals surface area contributed by atoms with Gasteiger partial charge in [0.2, 0.25) is 0 Å². The number of anilines is 1. The standard InChI is InChI=1S/C17H23FO2.C17H16N2O/c1-17(2,3)13-4-6-15(7-5-13)20-16-9-12(11-19)8-14(18)10-16;1-18-16-6-7-17(15-5-3-2-4-14(15)16)20-12-13-8-10-19-11-9-13/h8-11,13,15H,4-7H2,1-3H3;2-11,18H,12H2,1H3. The fraction of sp³-hybridized carbons (Fsp3) is 0.353. The van der Waals surface area contributed by atoms with Crippen LogP contribution < -0.4 is 14.8 Å². The summed E-state index contributed by atoms with van der Waals surface area (Å²) in [6, 6.07) is 20.4. The molecule has 0 amide bonds. The summed E-state index contributed by atoms with van der Waals surface area (Å²) >= 11 is 0. The second-order valence-corrected chi connectivity index (χ2v) is 11.3. The highest BCUT2D eigenvalue weighted by atomic mass is 19.1. The van der Waals surface area contributed by atoms with Gasteiger partial charge in [-0.2, -0.15) is 0 Å². The molecule has 1 aliphatic rings. The van der Waals surface area contributed by atoms with Gasteiger partial charge in [0, 0.05) is 47.5 Å². The Balaban J connectivity index is 0.000000185. The third-order valence-corrected chi connectivity index (χ3v) is 7.53. The van der Waals surface area contributed by atoms with Gasteiger partial charge in [0.25, 0.3) is 0 Å². The minimum atomic E-state index is -0.423. The van der Waals surface area contributed by atoms with Crippen LogP contribution in [-0.2, 0) is 6.61 Å². The molecular weight excluding hydrogens is 503 g/mol. The number of hydrogen-bond acceptors (Lipinski definition) is 5. The molecule has 0 saturated heterocycles. The van der Waals surface area contributed by atoms with Crippen LogP contribution in [0, 0.1) is 17.2 Å². The van der Waals surface area contributed by atoms with Crippen molar-refractivity contribution in [3.63, 3.8) is 0 Å². The van der Waals surface area contributed by atoms with E-state index in [2.05, 4.69) is 43.2 Å². The monoisotopic (exact) mass is 542 g/mol. The number of rotatable bonds is 7. The van der Waals surface area contributed by atoms with E-state index in [1.807, 2.05) is 43.4 Å². The number of fused-ring (bicyclic) bond motifs is 1. The molecule has 3 aromatic carbocycles. The largest absolute Gasteiger partial charge is 0.490 e. The van der Waals surface area contributed by atoms with Crippen molar-refractivity contribution in [1.29, 1.82) is 0 Å². The van der Waals surface area contributed by atoms with E-state index >= 15 is 0 Å². The lowest BCUT2D eigenvalue weighted by Gasteiger charge is -2.36. The van der Waals surface area contributed by atoms with Crippen LogP contribution in [-0.4, -0.2) is 24.4 Å². The van der Waals surface area contributed by atoms with E-state index < -0.39 is 5.82 Å². The van der Waals surface area contributed by atoms with Crippen molar-refractivity contribution >= 4 is 22.7 Å². The summed E-state index contributed by atoms with van der Waals surface area (Å²) in [6.45, 7) is 7.39. The van der Waals surface area contributed by atoms with Gasteiger partial charge in [-0.25, -0.2) is 4.39 Å². The van der Waals surface area contributed by atoms with Crippen LogP contribution >= 0.6 is 0 Å². The summed E-state index contributed by atoms with van der Waals surface area (Å²) in [6.07, 6.45) is 8.61. The lowest BCUT2D eigenvalue weighted by atomic mass is 9.72. The van der Waals surface area contributed by atoms with Crippen molar-refractivity contribution in [3.05, 3.63) is 96.1 Å². The first-order valence-corrected chi connectivity index (χ1v) is 13.9. The van der Waals surface area contributed by atoms with E-state index in [0.717, 1.165) is 54.0 Å². The molecule has 0 aliphatic heterocycles. The summed E-state index contributed by atoms with van der Waals surface area (Å²) in [5.74, 6) is 1.66. The molecule has 5 rings (SSSR count). The molecule has 210 valence electrons. The van der Waals surface area contributed by atoms with Gasteiger partial charge in [-0.15, -0.1) is 0 Å². The molecule has 1 aliphatic carbocycles. The molecule has 5 nitrogen and oxygen atoms in total. The van der Waals surface area contributed by atoms with Gasteiger partial charge in [-0.05, 0) is 79.0 Å². The lowest BCUT2D eigenvalue weighted by molar-refractivity contribution is 0.0878. The quantitative estimate of drug-likeness (QED) is 0.237. The molecule has 0 bridgehead atoms. The highest BCUT2D eigenvalue weighted by Gasteiger charge is 2.30. The van der Waals surface area contributed by atoms with Gasteiger partial charge in [0.15, 0.2) is 0 Å². The Morgan fingerprint density at radius 1 is 0.950 bits per heavy atom. The van der Waals surface area contributed by atoms with Crippen LogP contribution in [0.5, 0.6) is 11.5 Å². The van der Waals surface area contributed by atoms with Crippen molar-refractivity contribution in [2.45, 2.75) is 59.2 Å². The van der Waals surface area contributed by atoms with E-state index in [0.29, 0.717) is 29.6 Å². The van der Waals surface area contributed by atoms with Crippen molar-refractivity contribution in [2.75, 3.05) is 12.4 Å². The zero-order valence-corrected chi connectivity index (χ0v) is 23.8. The zero-order valence-electron chi connectivity index (χ0n) is 23.8. The maximum atomic E-state index is 13.3. The third kappa shape index (κ3) is 7.81.